The van der Waals surface area contributed by atoms with Gasteiger partial charge in [0.1, 0.15) is 0 Å². The minimum absolute atomic E-state index is 0.106. The van der Waals surface area contributed by atoms with Crippen molar-refractivity contribution in [3.05, 3.63) is 35.3 Å². The monoisotopic (exact) mass is 351 g/mol. The van der Waals surface area contributed by atoms with Gasteiger partial charge in [0.2, 0.25) is 0 Å². The molecule has 0 aromatic heterocycles. The second-order valence-corrected chi connectivity index (χ2v) is 5.89. The van der Waals surface area contributed by atoms with Gasteiger partial charge in [0.05, 0.1) is 24.1 Å². The van der Waals surface area contributed by atoms with Gasteiger partial charge in [0.25, 0.3) is 0 Å². The van der Waals surface area contributed by atoms with Gasteiger partial charge < -0.3 is 4.74 Å². The first kappa shape index (κ1) is 23.9. The Hall–Kier alpha value is -1.31. The summed E-state index contributed by atoms with van der Waals surface area (Å²) in [6.45, 7) is 9.78. The van der Waals surface area contributed by atoms with Gasteiger partial charge in [-0.05, 0) is 18.9 Å². The second-order valence-electron chi connectivity index (χ2n) is 3.95. The number of carbonyl (C=O) groups excluding carboxylic acids is 1. The second kappa shape index (κ2) is 13.2. The van der Waals surface area contributed by atoms with Gasteiger partial charge in [-0.15, -0.1) is 10.8 Å². The molecule has 0 aromatic rings. The smallest absolute Gasteiger partial charge is 0.340 e. The van der Waals surface area contributed by atoms with E-state index in [-0.39, 0.29) is 17.0 Å². The van der Waals surface area contributed by atoms with Crippen LogP contribution in [0, 0.1) is 0 Å². The molecule has 1 aliphatic carbocycles. The van der Waals surface area contributed by atoms with Crippen LogP contribution in [0.15, 0.2) is 35.3 Å². The fourth-order valence-corrected chi connectivity index (χ4v) is 2.73. The quantitative estimate of drug-likeness (QED) is 0.611. The normalized spacial score (nSPS) is 14.4. The molecule has 1 rings (SSSR count). The van der Waals surface area contributed by atoms with Gasteiger partial charge in [-0.1, -0.05) is 46.8 Å². The van der Waals surface area contributed by atoms with E-state index >= 15 is 0 Å². The third-order valence-corrected chi connectivity index (χ3v) is 3.91. The lowest BCUT2D eigenvalue weighted by Gasteiger charge is -2.33. The predicted molar refractivity (Wildman–Crippen MR) is 95.8 cm³/mol. The van der Waals surface area contributed by atoms with Gasteiger partial charge in [-0.3, -0.25) is 13.8 Å². The summed E-state index contributed by atoms with van der Waals surface area (Å²) in [5.74, 6) is -1.54. The van der Waals surface area contributed by atoms with Crippen LogP contribution in [-0.4, -0.2) is 27.9 Å². The molecule has 0 amide bonds. The minimum atomic E-state index is -3.11. The number of hydrogen-bond acceptors (Lipinski definition) is 5. The summed E-state index contributed by atoms with van der Waals surface area (Å²) in [5, 5.41) is 0. The molecule has 7 heteroatoms. The largest absolute Gasteiger partial charge is 0.465 e. The van der Waals surface area contributed by atoms with E-state index in [1.165, 1.54) is 12.2 Å². The molecule has 23 heavy (non-hydrogen) atoms. The van der Waals surface area contributed by atoms with E-state index in [2.05, 4.69) is 9.46 Å². The van der Waals surface area contributed by atoms with Crippen molar-refractivity contribution in [3.63, 3.8) is 0 Å². The number of ether oxygens (including phenoxy) is 1. The number of rotatable bonds is 5. The van der Waals surface area contributed by atoms with Gasteiger partial charge in [-0.2, -0.15) is 0 Å². The topological polar surface area (TPSA) is 78.8 Å². The maximum atomic E-state index is 14.2. The average molecular weight is 351 g/mol. The highest BCUT2D eigenvalue weighted by Crippen LogP contribution is 2.37. The highest BCUT2D eigenvalue weighted by molar-refractivity contribution is 8.22. The molecular formula is C16H30FNO4S. The molecule has 0 unspecified atom stereocenters. The van der Waals surface area contributed by atoms with Crippen LogP contribution >= 0.6 is 10.8 Å². The van der Waals surface area contributed by atoms with E-state index in [9.17, 15) is 18.3 Å². The van der Waals surface area contributed by atoms with E-state index in [0.29, 0.717) is 12.8 Å². The SMILES string of the molecule is CC.CC.CCCS(O)(O)NC1=C(F)C(C(=O)OC)=CCC=C1. The van der Waals surface area contributed by atoms with Crippen LogP contribution in [0.4, 0.5) is 4.39 Å². The number of esters is 1. The lowest BCUT2D eigenvalue weighted by Crippen LogP contribution is -2.22. The van der Waals surface area contributed by atoms with Crippen LogP contribution < -0.4 is 4.72 Å². The Balaban J connectivity index is 0. The Kier molecular flexibility index (Phi) is 13.7. The first-order valence-electron chi connectivity index (χ1n) is 7.80. The Labute approximate surface area is 140 Å². The van der Waals surface area contributed by atoms with Crippen molar-refractivity contribution in [1.82, 2.24) is 4.72 Å². The van der Waals surface area contributed by atoms with Crippen molar-refractivity contribution in [1.29, 1.82) is 0 Å². The first-order valence-corrected chi connectivity index (χ1v) is 9.51. The molecule has 0 saturated carbocycles. The third-order valence-electron chi connectivity index (χ3n) is 2.38. The van der Waals surface area contributed by atoms with Crippen molar-refractivity contribution in [2.45, 2.75) is 47.5 Å². The summed E-state index contributed by atoms with van der Waals surface area (Å²) in [5.41, 5.74) is -0.343. The predicted octanol–water partition coefficient (Wildman–Crippen LogP) is 4.94. The van der Waals surface area contributed by atoms with Crippen molar-refractivity contribution in [3.8, 4) is 0 Å². The molecule has 0 aromatic carbocycles. The number of carbonyl (C=O) groups is 1. The zero-order valence-corrected chi connectivity index (χ0v) is 15.7. The fourth-order valence-electron chi connectivity index (χ4n) is 1.55. The average Bonchev–Trinajstić information content (AvgIpc) is 2.72. The number of allylic oxidation sites excluding steroid dienone is 3. The highest BCUT2D eigenvalue weighted by atomic mass is 32.3. The number of methoxy groups -OCH3 is 1. The van der Waals surface area contributed by atoms with Crippen molar-refractivity contribution in [2.75, 3.05) is 12.9 Å². The molecule has 0 spiro atoms. The van der Waals surface area contributed by atoms with E-state index in [0.717, 1.165) is 7.11 Å². The Morgan fingerprint density at radius 2 is 1.91 bits per heavy atom. The third kappa shape index (κ3) is 8.78. The zero-order valence-electron chi connectivity index (χ0n) is 14.9. The van der Waals surface area contributed by atoms with Crippen LogP contribution in [-0.2, 0) is 9.53 Å². The van der Waals surface area contributed by atoms with Gasteiger partial charge in [-0.25, -0.2) is 9.18 Å². The molecule has 0 fully saturated rings. The summed E-state index contributed by atoms with van der Waals surface area (Å²) in [7, 11) is -1.96. The van der Waals surface area contributed by atoms with Crippen LogP contribution in [0.25, 0.3) is 0 Å². The number of nitrogens with one attached hydrogen (secondary N) is 1. The number of hydrogen-bond donors (Lipinski definition) is 3. The van der Waals surface area contributed by atoms with Gasteiger partial charge in [0.15, 0.2) is 5.83 Å². The maximum absolute atomic E-state index is 14.2. The van der Waals surface area contributed by atoms with E-state index in [4.69, 9.17) is 0 Å². The lowest BCUT2D eigenvalue weighted by molar-refractivity contribution is -0.136. The zero-order chi connectivity index (χ0) is 18.5. The molecule has 0 heterocycles. The molecule has 5 nitrogen and oxygen atoms in total. The van der Waals surface area contributed by atoms with Crippen molar-refractivity contribution in [2.24, 2.45) is 0 Å². The fraction of sp³-hybridized carbons (Fsp3) is 0.562. The highest BCUT2D eigenvalue weighted by Gasteiger charge is 2.22. The molecule has 0 aliphatic heterocycles. The molecule has 1 aliphatic rings. The molecule has 0 radical (unpaired) electrons. The van der Waals surface area contributed by atoms with Crippen LogP contribution in [0.5, 0.6) is 0 Å². The summed E-state index contributed by atoms with van der Waals surface area (Å²) in [4.78, 5) is 11.4. The van der Waals surface area contributed by atoms with E-state index in [1.807, 2.05) is 27.7 Å². The molecule has 0 atom stereocenters. The number of halogens is 1. The molecule has 0 saturated heterocycles. The van der Waals surface area contributed by atoms with Crippen LogP contribution in [0.2, 0.25) is 0 Å². The maximum Gasteiger partial charge on any atom is 0.340 e. The summed E-state index contributed by atoms with van der Waals surface area (Å²) < 4.78 is 40.4. The Bertz CT molecular complexity index is 445. The first-order chi connectivity index (χ1) is 10.9. The Morgan fingerprint density at radius 3 is 2.39 bits per heavy atom. The van der Waals surface area contributed by atoms with E-state index in [1.54, 1.807) is 13.0 Å². The lowest BCUT2D eigenvalue weighted by atomic mass is 10.2. The van der Waals surface area contributed by atoms with Crippen molar-refractivity contribution >= 4 is 16.7 Å². The van der Waals surface area contributed by atoms with Crippen LogP contribution in [0.3, 0.4) is 0 Å². The summed E-state index contributed by atoms with van der Waals surface area (Å²) >= 11 is 0. The Morgan fingerprint density at radius 1 is 1.35 bits per heavy atom. The van der Waals surface area contributed by atoms with Gasteiger partial charge >= 0.3 is 5.97 Å². The molecule has 136 valence electrons. The van der Waals surface area contributed by atoms with Crippen LogP contribution in [0.1, 0.15) is 47.5 Å². The molecule has 3 N–H and O–H groups in total. The van der Waals surface area contributed by atoms with Crippen molar-refractivity contribution < 1.29 is 23.0 Å². The van der Waals surface area contributed by atoms with Gasteiger partial charge in [0, 0.05) is 0 Å². The summed E-state index contributed by atoms with van der Waals surface area (Å²) in [6, 6.07) is 0. The molecule has 0 bridgehead atoms. The summed E-state index contributed by atoms with van der Waals surface area (Å²) in [6.07, 6.45) is 5.27. The molecular weight excluding hydrogens is 321 g/mol. The standard InChI is InChI=1S/C12H18FNO4S.2C2H6/c1-3-8-19(16,17)14-10-7-5-4-6-9(11(10)13)12(15)18-2;2*1-2/h5-7,14,16-17H,3-4,8H2,1-2H3;2*1-2H3. The minimum Gasteiger partial charge on any atom is -0.465 e. The van der Waals surface area contributed by atoms with E-state index < -0.39 is 22.6 Å².